The van der Waals surface area contributed by atoms with Crippen LogP contribution in [0, 0.1) is 16.7 Å². The van der Waals surface area contributed by atoms with Gasteiger partial charge in [-0.2, -0.15) is 0 Å². The van der Waals surface area contributed by atoms with Crippen LogP contribution in [-0.4, -0.2) is 42.9 Å². The number of likely N-dealkylation sites (tertiary alicyclic amines) is 1. The molecule has 1 saturated heterocycles. The van der Waals surface area contributed by atoms with Gasteiger partial charge in [-0.3, -0.25) is 4.79 Å². The Labute approximate surface area is 177 Å². The largest absolute Gasteiger partial charge is 0.404 e. The normalized spacial score (nSPS) is 16.3. The van der Waals surface area contributed by atoms with Crippen LogP contribution in [0.2, 0.25) is 0 Å². The molecule has 2 aromatic rings. The van der Waals surface area contributed by atoms with Crippen LogP contribution in [-0.2, 0) is 11.2 Å². The Morgan fingerprint density at radius 2 is 2.00 bits per heavy atom. The number of nitrogens with one attached hydrogen (secondary N) is 3. The highest BCUT2D eigenvalue weighted by Gasteiger charge is 2.25. The molecule has 2 aromatic carbocycles. The minimum atomic E-state index is 0.221. The number of carbonyl (C=O) groups excluding carboxylic acids is 1. The van der Waals surface area contributed by atoms with Crippen molar-refractivity contribution in [2.75, 3.05) is 25.0 Å². The second-order valence-corrected chi connectivity index (χ2v) is 7.57. The van der Waals surface area contributed by atoms with Crippen molar-refractivity contribution in [2.24, 2.45) is 11.7 Å². The first-order chi connectivity index (χ1) is 14.6. The van der Waals surface area contributed by atoms with Crippen molar-refractivity contribution < 1.29 is 4.79 Å². The zero-order chi connectivity index (χ0) is 21.3. The monoisotopic (exact) mass is 403 g/mol. The van der Waals surface area contributed by atoms with Gasteiger partial charge in [0.2, 0.25) is 5.91 Å². The van der Waals surface area contributed by atoms with E-state index in [1.165, 1.54) is 24.2 Å². The Morgan fingerprint density at radius 1 is 1.20 bits per heavy atom. The summed E-state index contributed by atoms with van der Waals surface area (Å²) in [5, 5.41) is 18.6. The van der Waals surface area contributed by atoms with Crippen LogP contribution in [0.15, 0.2) is 54.7 Å². The molecule has 1 atom stereocenters. The molecule has 0 bridgehead atoms. The van der Waals surface area contributed by atoms with E-state index in [0.717, 1.165) is 49.3 Å². The average Bonchev–Trinajstić information content (AvgIpc) is 3.27. The summed E-state index contributed by atoms with van der Waals surface area (Å²) in [7, 11) is 0. The fourth-order valence-corrected chi connectivity index (χ4v) is 3.78. The molecule has 3 rings (SSSR count). The van der Waals surface area contributed by atoms with E-state index in [2.05, 4.69) is 17.4 Å². The molecule has 156 valence electrons. The third kappa shape index (κ3) is 5.35. The SMILES string of the molecule is N=C/C(=C\N)c1ccc(NC[C@@H]2CCN(C(=O)CCc3ccccc3)C2)c(C=N)c1. The first kappa shape index (κ1) is 21.3. The Balaban J connectivity index is 1.51. The van der Waals surface area contributed by atoms with Crippen LogP contribution in [0.5, 0.6) is 0 Å². The summed E-state index contributed by atoms with van der Waals surface area (Å²) in [5.41, 5.74) is 9.82. The highest BCUT2D eigenvalue weighted by molar-refractivity contribution is 6.08. The van der Waals surface area contributed by atoms with Gasteiger partial charge in [-0.1, -0.05) is 36.4 Å². The highest BCUT2D eigenvalue weighted by Crippen LogP contribution is 2.23. The van der Waals surface area contributed by atoms with E-state index in [4.69, 9.17) is 16.6 Å². The van der Waals surface area contributed by atoms with Gasteiger partial charge >= 0.3 is 0 Å². The molecule has 0 spiro atoms. The zero-order valence-electron chi connectivity index (χ0n) is 17.1. The van der Waals surface area contributed by atoms with E-state index >= 15 is 0 Å². The van der Waals surface area contributed by atoms with E-state index in [-0.39, 0.29) is 5.91 Å². The van der Waals surface area contributed by atoms with Crippen LogP contribution in [0.1, 0.15) is 29.5 Å². The maximum absolute atomic E-state index is 12.5. The standard InChI is InChI=1S/C24H29N5O/c25-13-21-12-20(22(14-26)15-27)7-8-23(21)28-16-19-10-11-29(17-19)24(30)9-6-18-4-2-1-3-5-18/h1-5,7-8,12-15,19,25-26,28H,6,9-11,16-17,27H2/b22-15+,25-13?,26-14?/t19-/m0/s1. The van der Waals surface area contributed by atoms with Crippen LogP contribution < -0.4 is 11.1 Å². The summed E-state index contributed by atoms with van der Waals surface area (Å²) in [5.74, 6) is 0.614. The van der Waals surface area contributed by atoms with Gasteiger partial charge in [0.25, 0.3) is 0 Å². The van der Waals surface area contributed by atoms with Gasteiger partial charge in [0.1, 0.15) is 0 Å². The second kappa shape index (κ2) is 10.4. The maximum Gasteiger partial charge on any atom is 0.222 e. The van der Waals surface area contributed by atoms with Crippen molar-refractivity contribution in [1.82, 2.24) is 4.90 Å². The van der Waals surface area contributed by atoms with Crippen molar-refractivity contribution in [3.8, 4) is 0 Å². The number of nitrogens with two attached hydrogens (primary N) is 1. The van der Waals surface area contributed by atoms with Gasteiger partial charge in [0, 0.05) is 61.5 Å². The summed E-state index contributed by atoms with van der Waals surface area (Å²) in [4.78, 5) is 14.5. The number of rotatable bonds is 9. The topological polar surface area (TPSA) is 106 Å². The Kier molecular flexibility index (Phi) is 7.38. The predicted molar refractivity (Wildman–Crippen MR) is 123 cm³/mol. The molecule has 1 aliphatic rings. The quantitative estimate of drug-likeness (QED) is 0.481. The lowest BCUT2D eigenvalue weighted by molar-refractivity contribution is -0.130. The summed E-state index contributed by atoms with van der Waals surface area (Å²) >= 11 is 0. The Bertz CT molecular complexity index is 922. The summed E-state index contributed by atoms with van der Waals surface area (Å²) < 4.78 is 0. The van der Waals surface area contributed by atoms with E-state index in [1.807, 2.05) is 41.3 Å². The van der Waals surface area contributed by atoms with Crippen molar-refractivity contribution in [3.05, 3.63) is 71.4 Å². The summed E-state index contributed by atoms with van der Waals surface area (Å²) in [6, 6.07) is 15.8. The van der Waals surface area contributed by atoms with E-state index in [9.17, 15) is 4.79 Å². The number of amides is 1. The molecular weight excluding hydrogens is 374 g/mol. The minimum Gasteiger partial charge on any atom is -0.404 e. The van der Waals surface area contributed by atoms with Crippen LogP contribution >= 0.6 is 0 Å². The zero-order valence-corrected chi connectivity index (χ0v) is 17.1. The van der Waals surface area contributed by atoms with Gasteiger partial charge in [0.15, 0.2) is 0 Å². The maximum atomic E-state index is 12.5. The predicted octanol–water partition coefficient (Wildman–Crippen LogP) is 3.53. The molecule has 6 nitrogen and oxygen atoms in total. The number of allylic oxidation sites excluding steroid dienone is 1. The van der Waals surface area contributed by atoms with Gasteiger partial charge in [-0.15, -0.1) is 0 Å². The lowest BCUT2D eigenvalue weighted by Crippen LogP contribution is -2.29. The molecule has 0 aliphatic carbocycles. The molecule has 30 heavy (non-hydrogen) atoms. The third-order valence-electron chi connectivity index (χ3n) is 5.57. The van der Waals surface area contributed by atoms with E-state index < -0.39 is 0 Å². The molecule has 0 aromatic heterocycles. The molecule has 1 fully saturated rings. The number of aryl methyl sites for hydroxylation is 1. The van der Waals surface area contributed by atoms with E-state index in [1.54, 1.807) is 0 Å². The lowest BCUT2D eigenvalue weighted by Gasteiger charge is -2.18. The fraction of sp³-hybridized carbons (Fsp3) is 0.292. The molecule has 1 amide bonds. The Hall–Kier alpha value is -3.41. The molecule has 5 N–H and O–H groups in total. The number of anilines is 1. The summed E-state index contributed by atoms with van der Waals surface area (Å²) in [6.07, 6.45) is 6.22. The minimum absolute atomic E-state index is 0.221. The van der Waals surface area contributed by atoms with Crippen LogP contribution in [0.4, 0.5) is 5.69 Å². The second-order valence-electron chi connectivity index (χ2n) is 7.57. The molecule has 1 aliphatic heterocycles. The fourth-order valence-electron chi connectivity index (χ4n) is 3.78. The number of nitrogens with zero attached hydrogens (tertiary/aromatic N) is 1. The van der Waals surface area contributed by atoms with E-state index in [0.29, 0.717) is 17.9 Å². The first-order valence-electron chi connectivity index (χ1n) is 10.3. The molecular formula is C24H29N5O. The smallest absolute Gasteiger partial charge is 0.222 e. The highest BCUT2D eigenvalue weighted by atomic mass is 16.2. The number of benzene rings is 2. The van der Waals surface area contributed by atoms with Gasteiger partial charge in [-0.05, 0) is 42.0 Å². The van der Waals surface area contributed by atoms with Crippen molar-refractivity contribution >= 4 is 29.6 Å². The Morgan fingerprint density at radius 3 is 2.70 bits per heavy atom. The molecule has 0 saturated carbocycles. The lowest BCUT2D eigenvalue weighted by atomic mass is 10.0. The summed E-state index contributed by atoms with van der Waals surface area (Å²) in [6.45, 7) is 2.33. The number of hydrogen-bond donors (Lipinski definition) is 4. The molecule has 0 radical (unpaired) electrons. The van der Waals surface area contributed by atoms with Gasteiger partial charge < -0.3 is 26.8 Å². The average molecular weight is 404 g/mol. The van der Waals surface area contributed by atoms with Crippen molar-refractivity contribution in [2.45, 2.75) is 19.3 Å². The number of carbonyl (C=O) groups is 1. The first-order valence-corrected chi connectivity index (χ1v) is 10.3. The van der Waals surface area contributed by atoms with Gasteiger partial charge in [-0.25, -0.2) is 0 Å². The molecule has 0 unspecified atom stereocenters. The van der Waals surface area contributed by atoms with Gasteiger partial charge in [0.05, 0.1) is 0 Å². The van der Waals surface area contributed by atoms with Crippen molar-refractivity contribution in [1.29, 1.82) is 10.8 Å². The molecule has 6 heteroatoms. The number of hydrogen-bond acceptors (Lipinski definition) is 5. The molecule has 1 heterocycles. The van der Waals surface area contributed by atoms with Crippen LogP contribution in [0.3, 0.4) is 0 Å². The van der Waals surface area contributed by atoms with Crippen molar-refractivity contribution in [3.63, 3.8) is 0 Å². The third-order valence-corrected chi connectivity index (χ3v) is 5.57. The van der Waals surface area contributed by atoms with Crippen LogP contribution in [0.25, 0.3) is 5.57 Å².